The van der Waals surface area contributed by atoms with Gasteiger partial charge in [0.25, 0.3) is 11.8 Å². The number of carbonyl (C=O) groups is 2. The highest BCUT2D eigenvalue weighted by molar-refractivity contribution is 6.04. The summed E-state index contributed by atoms with van der Waals surface area (Å²) in [6.45, 7) is 6.77. The van der Waals surface area contributed by atoms with Gasteiger partial charge in [-0.25, -0.2) is 4.39 Å². The quantitative estimate of drug-likeness (QED) is 0.359. The van der Waals surface area contributed by atoms with Gasteiger partial charge in [-0.2, -0.15) is 0 Å². The Bertz CT molecular complexity index is 1490. The molecular formula is C29H28FN5O2. The molecule has 1 aromatic carbocycles. The Kier molecular flexibility index (Phi) is 7.11. The van der Waals surface area contributed by atoms with Crippen molar-refractivity contribution in [2.75, 3.05) is 12.4 Å². The van der Waals surface area contributed by atoms with Crippen LogP contribution in [-0.4, -0.2) is 33.8 Å². The zero-order chi connectivity index (χ0) is 26.7. The van der Waals surface area contributed by atoms with E-state index >= 15 is 0 Å². The summed E-state index contributed by atoms with van der Waals surface area (Å²) in [5, 5.41) is 5.49. The number of nitrogens with one attached hydrogen (secondary N) is 2. The number of carbonyl (C=O) groups excluding carboxylic acids is 2. The third kappa shape index (κ3) is 5.69. The Morgan fingerprint density at radius 3 is 2.30 bits per heavy atom. The number of benzene rings is 1. The fourth-order valence-corrected chi connectivity index (χ4v) is 3.90. The summed E-state index contributed by atoms with van der Waals surface area (Å²) >= 11 is 0. The van der Waals surface area contributed by atoms with E-state index in [0.29, 0.717) is 22.6 Å². The van der Waals surface area contributed by atoms with E-state index in [1.54, 1.807) is 37.6 Å². The number of aromatic nitrogens is 3. The summed E-state index contributed by atoms with van der Waals surface area (Å²) in [6.07, 6.45) is 4.80. The van der Waals surface area contributed by atoms with Crippen LogP contribution in [0.15, 0.2) is 67.1 Å². The van der Waals surface area contributed by atoms with Crippen LogP contribution in [0.4, 0.5) is 10.1 Å². The molecule has 188 valence electrons. The lowest BCUT2D eigenvalue weighted by Crippen LogP contribution is -2.19. The van der Waals surface area contributed by atoms with Crippen molar-refractivity contribution in [3.05, 3.63) is 95.2 Å². The van der Waals surface area contributed by atoms with Gasteiger partial charge < -0.3 is 10.6 Å². The van der Waals surface area contributed by atoms with Gasteiger partial charge in [0.05, 0.1) is 11.4 Å². The summed E-state index contributed by atoms with van der Waals surface area (Å²) in [7, 11) is 1.56. The monoisotopic (exact) mass is 497 g/mol. The van der Waals surface area contributed by atoms with Crippen LogP contribution in [0.2, 0.25) is 0 Å². The Labute approximate surface area is 215 Å². The second-order valence-corrected chi connectivity index (χ2v) is 9.28. The van der Waals surface area contributed by atoms with E-state index in [4.69, 9.17) is 0 Å². The number of nitrogens with zero attached hydrogens (tertiary/aromatic N) is 3. The van der Waals surface area contributed by atoms with Gasteiger partial charge in [-0.05, 0) is 92.4 Å². The molecule has 8 heteroatoms. The van der Waals surface area contributed by atoms with Crippen LogP contribution >= 0.6 is 0 Å². The molecule has 7 nitrogen and oxygen atoms in total. The fourth-order valence-electron chi connectivity index (χ4n) is 3.90. The van der Waals surface area contributed by atoms with Gasteiger partial charge in [0, 0.05) is 42.5 Å². The molecule has 0 aliphatic heterocycles. The average Bonchev–Trinajstić information content (AvgIpc) is 2.89. The number of aryl methyl sites for hydroxylation is 2. The molecule has 0 atom stereocenters. The van der Waals surface area contributed by atoms with Crippen LogP contribution in [0.5, 0.6) is 0 Å². The summed E-state index contributed by atoms with van der Waals surface area (Å²) in [5.41, 5.74) is 5.09. The molecule has 3 aromatic heterocycles. The number of pyridine rings is 3. The maximum Gasteiger partial charge on any atom is 0.269 e. The van der Waals surface area contributed by atoms with E-state index in [1.165, 1.54) is 26.1 Å². The Balaban J connectivity index is 1.67. The van der Waals surface area contributed by atoms with Gasteiger partial charge in [0.2, 0.25) is 0 Å². The van der Waals surface area contributed by atoms with Crippen molar-refractivity contribution >= 4 is 17.5 Å². The lowest BCUT2D eigenvalue weighted by Gasteiger charge is -2.15. The number of hydrogen-bond donors (Lipinski definition) is 2. The highest BCUT2D eigenvalue weighted by Crippen LogP contribution is 2.32. The molecule has 0 unspecified atom stereocenters. The van der Waals surface area contributed by atoms with E-state index in [0.717, 1.165) is 27.8 Å². The molecule has 2 amide bonds. The first-order chi connectivity index (χ1) is 17.6. The van der Waals surface area contributed by atoms with Crippen molar-refractivity contribution < 1.29 is 14.0 Å². The molecule has 4 rings (SSSR count). The van der Waals surface area contributed by atoms with Crippen LogP contribution in [0.25, 0.3) is 22.4 Å². The van der Waals surface area contributed by atoms with Crippen molar-refractivity contribution in [1.82, 2.24) is 20.3 Å². The normalized spacial score (nSPS) is 11.2. The second kappa shape index (κ2) is 10.3. The first kappa shape index (κ1) is 25.6. The summed E-state index contributed by atoms with van der Waals surface area (Å²) in [4.78, 5) is 37.7. The maximum atomic E-state index is 14.3. The van der Waals surface area contributed by atoms with Crippen molar-refractivity contribution in [2.24, 2.45) is 0 Å². The first-order valence-electron chi connectivity index (χ1n) is 11.8. The highest BCUT2D eigenvalue weighted by atomic mass is 19.1. The van der Waals surface area contributed by atoms with Crippen molar-refractivity contribution in [2.45, 2.75) is 33.4 Å². The molecule has 0 bridgehead atoms. The van der Waals surface area contributed by atoms with Gasteiger partial charge in [-0.1, -0.05) is 6.07 Å². The molecule has 2 N–H and O–H groups in total. The summed E-state index contributed by atoms with van der Waals surface area (Å²) < 4.78 is 14.3. The zero-order valence-electron chi connectivity index (χ0n) is 21.4. The van der Waals surface area contributed by atoms with Gasteiger partial charge in [-0.3, -0.25) is 24.5 Å². The Morgan fingerprint density at radius 1 is 0.838 bits per heavy atom. The third-order valence-electron chi connectivity index (χ3n) is 6.04. The predicted octanol–water partition coefficient (Wildman–Crippen LogP) is 5.64. The SMILES string of the molecule is CNC(=O)c1cc(-c2cc(-c3cc(NC(=O)c4ccnc(C(C)(C)F)c4)ccc3C)c(C)cn2)ccn1. The van der Waals surface area contributed by atoms with Crippen LogP contribution in [0.3, 0.4) is 0 Å². The lowest BCUT2D eigenvalue weighted by atomic mass is 9.95. The van der Waals surface area contributed by atoms with E-state index in [1.807, 2.05) is 38.1 Å². The van der Waals surface area contributed by atoms with Crippen molar-refractivity contribution in [3.63, 3.8) is 0 Å². The smallest absolute Gasteiger partial charge is 0.269 e. The summed E-state index contributed by atoms with van der Waals surface area (Å²) in [5.74, 6) is -0.627. The number of halogens is 1. The minimum atomic E-state index is -1.65. The molecule has 37 heavy (non-hydrogen) atoms. The molecule has 0 saturated heterocycles. The number of amides is 2. The van der Waals surface area contributed by atoms with E-state index in [2.05, 4.69) is 25.6 Å². The Hall–Kier alpha value is -4.46. The van der Waals surface area contributed by atoms with E-state index < -0.39 is 5.67 Å². The number of hydrogen-bond acceptors (Lipinski definition) is 5. The molecule has 0 saturated carbocycles. The largest absolute Gasteiger partial charge is 0.354 e. The number of anilines is 1. The maximum absolute atomic E-state index is 14.3. The molecule has 0 aliphatic carbocycles. The molecule has 0 fully saturated rings. The topological polar surface area (TPSA) is 96.9 Å². The minimum absolute atomic E-state index is 0.195. The molecule has 0 radical (unpaired) electrons. The molecule has 0 spiro atoms. The highest BCUT2D eigenvalue weighted by Gasteiger charge is 2.22. The average molecular weight is 498 g/mol. The lowest BCUT2D eigenvalue weighted by molar-refractivity contribution is 0.0957. The minimum Gasteiger partial charge on any atom is -0.354 e. The number of rotatable bonds is 6. The van der Waals surface area contributed by atoms with E-state index in [-0.39, 0.29) is 17.5 Å². The van der Waals surface area contributed by atoms with Crippen LogP contribution in [0, 0.1) is 13.8 Å². The molecule has 4 aromatic rings. The van der Waals surface area contributed by atoms with Gasteiger partial charge >= 0.3 is 0 Å². The van der Waals surface area contributed by atoms with Gasteiger partial charge in [0.1, 0.15) is 11.4 Å². The standard InChI is InChI=1S/C29H28FN5O2/c1-17-6-7-21(35-27(36)20-9-11-33-26(13-20)29(3,4)30)14-22(17)23-15-24(34-16-18(23)2)19-8-10-32-25(12-19)28(37)31-5/h6-16H,1-5H3,(H,31,37)(H,35,36). The summed E-state index contributed by atoms with van der Waals surface area (Å²) in [6, 6.07) is 14.2. The van der Waals surface area contributed by atoms with Crippen LogP contribution < -0.4 is 10.6 Å². The Morgan fingerprint density at radius 2 is 1.57 bits per heavy atom. The van der Waals surface area contributed by atoms with Gasteiger partial charge in [0.15, 0.2) is 0 Å². The first-order valence-corrected chi connectivity index (χ1v) is 11.8. The van der Waals surface area contributed by atoms with Crippen LogP contribution in [0.1, 0.15) is 51.5 Å². The second-order valence-electron chi connectivity index (χ2n) is 9.28. The molecule has 3 heterocycles. The number of alkyl halides is 1. The van der Waals surface area contributed by atoms with Gasteiger partial charge in [-0.15, -0.1) is 0 Å². The molecule has 0 aliphatic rings. The zero-order valence-corrected chi connectivity index (χ0v) is 21.4. The fraction of sp³-hybridized carbons (Fsp3) is 0.207. The predicted molar refractivity (Wildman–Crippen MR) is 142 cm³/mol. The van der Waals surface area contributed by atoms with Crippen LogP contribution in [-0.2, 0) is 5.67 Å². The van der Waals surface area contributed by atoms with Crippen molar-refractivity contribution in [1.29, 1.82) is 0 Å². The van der Waals surface area contributed by atoms with E-state index in [9.17, 15) is 14.0 Å². The third-order valence-corrected chi connectivity index (χ3v) is 6.04. The molecular weight excluding hydrogens is 469 g/mol. The van der Waals surface area contributed by atoms with Crippen molar-refractivity contribution in [3.8, 4) is 22.4 Å².